The van der Waals surface area contributed by atoms with E-state index in [1.807, 2.05) is 18.2 Å². The van der Waals surface area contributed by atoms with E-state index in [4.69, 9.17) is 4.98 Å². The van der Waals surface area contributed by atoms with Crippen LogP contribution in [0.3, 0.4) is 0 Å². The maximum absolute atomic E-state index is 12.1. The fraction of sp³-hybridized carbons (Fsp3) is 0.571. The predicted octanol–water partition coefficient (Wildman–Crippen LogP) is 4.29. The molecule has 0 bridgehead atoms. The van der Waals surface area contributed by atoms with Crippen LogP contribution in [0.25, 0.3) is 0 Å². The van der Waals surface area contributed by atoms with E-state index in [9.17, 15) is 4.79 Å². The van der Waals surface area contributed by atoms with Gasteiger partial charge in [0.15, 0.2) is 0 Å². The summed E-state index contributed by atoms with van der Waals surface area (Å²) in [5.74, 6) is 1.46. The smallest absolute Gasteiger partial charge is 0.221 e. The van der Waals surface area contributed by atoms with Gasteiger partial charge < -0.3 is 10.2 Å². The number of benzene rings is 1. The van der Waals surface area contributed by atoms with Gasteiger partial charge in [0.1, 0.15) is 5.82 Å². The lowest BCUT2D eigenvalue weighted by Gasteiger charge is -2.23. The number of carbonyl (C=O) groups is 1. The average molecular weight is 389 g/mol. The summed E-state index contributed by atoms with van der Waals surface area (Å²) in [7, 11) is 0. The number of hydrogen-bond donors (Lipinski definition) is 1. The van der Waals surface area contributed by atoms with Crippen molar-refractivity contribution in [3.05, 3.63) is 41.7 Å². The minimum atomic E-state index is 0.119. The highest BCUT2D eigenvalue weighted by atomic mass is 32.1. The number of unbranched alkanes of at least 4 members (excludes halogenated alkanes) is 2. The number of rotatable bonds is 12. The Balaban J connectivity index is 1.90. The van der Waals surface area contributed by atoms with Gasteiger partial charge in [-0.2, -0.15) is 4.37 Å². The van der Waals surface area contributed by atoms with Gasteiger partial charge in [-0.25, -0.2) is 4.98 Å². The molecule has 0 aliphatic heterocycles. The van der Waals surface area contributed by atoms with Gasteiger partial charge in [-0.05, 0) is 17.9 Å². The van der Waals surface area contributed by atoms with Gasteiger partial charge in [0.05, 0.1) is 0 Å². The van der Waals surface area contributed by atoms with Crippen LogP contribution in [-0.4, -0.2) is 34.9 Å². The second kappa shape index (κ2) is 11.7. The summed E-state index contributed by atoms with van der Waals surface area (Å²) in [5.41, 5.74) is 1.21. The van der Waals surface area contributed by atoms with Gasteiger partial charge >= 0.3 is 0 Å². The first-order valence-corrected chi connectivity index (χ1v) is 10.7. The highest BCUT2D eigenvalue weighted by molar-refractivity contribution is 7.09. The van der Waals surface area contributed by atoms with Crippen LogP contribution in [0.1, 0.15) is 57.8 Å². The molecule has 1 N–H and O–H groups in total. The Morgan fingerprint density at radius 3 is 2.70 bits per heavy atom. The van der Waals surface area contributed by atoms with E-state index in [2.05, 4.69) is 47.5 Å². The van der Waals surface area contributed by atoms with Gasteiger partial charge in [0.2, 0.25) is 11.0 Å². The number of amides is 1. The van der Waals surface area contributed by atoms with Gasteiger partial charge in [-0.1, -0.05) is 63.9 Å². The van der Waals surface area contributed by atoms with Gasteiger partial charge in [-0.3, -0.25) is 4.79 Å². The SMILES string of the molecule is CCCCCNC(=O)CCN(CC(C)C)c1nc(Cc2ccccc2)ns1. The normalized spacial score (nSPS) is 11.0. The molecule has 2 aromatic rings. The highest BCUT2D eigenvalue weighted by Gasteiger charge is 2.15. The van der Waals surface area contributed by atoms with Crippen LogP contribution in [0.4, 0.5) is 5.13 Å². The standard InChI is InChI=1S/C21H32N4OS/c1-4-5-9-13-22-20(26)12-14-25(16-17(2)3)21-23-19(24-27-21)15-18-10-7-6-8-11-18/h6-8,10-11,17H,4-5,9,12-16H2,1-3H3,(H,22,26). The Kier molecular flexibility index (Phi) is 9.25. The topological polar surface area (TPSA) is 58.1 Å². The Bertz CT molecular complexity index is 672. The molecule has 0 unspecified atom stereocenters. The lowest BCUT2D eigenvalue weighted by atomic mass is 10.1. The van der Waals surface area contributed by atoms with Crippen molar-refractivity contribution in [2.24, 2.45) is 5.92 Å². The molecule has 0 fully saturated rings. The molecule has 0 aliphatic carbocycles. The summed E-state index contributed by atoms with van der Waals surface area (Å²) in [6, 6.07) is 10.3. The summed E-state index contributed by atoms with van der Waals surface area (Å²) in [4.78, 5) is 19.0. The molecule has 1 aromatic heterocycles. The summed E-state index contributed by atoms with van der Waals surface area (Å²) >= 11 is 1.43. The van der Waals surface area contributed by atoms with Crippen LogP contribution in [-0.2, 0) is 11.2 Å². The van der Waals surface area contributed by atoms with Crippen molar-refractivity contribution >= 4 is 22.6 Å². The highest BCUT2D eigenvalue weighted by Crippen LogP contribution is 2.20. The molecular weight excluding hydrogens is 356 g/mol. The van der Waals surface area contributed by atoms with Gasteiger partial charge in [0, 0.05) is 44.0 Å². The lowest BCUT2D eigenvalue weighted by molar-refractivity contribution is -0.120. The predicted molar refractivity (Wildman–Crippen MR) is 113 cm³/mol. The zero-order chi connectivity index (χ0) is 19.5. The molecule has 0 radical (unpaired) electrons. The molecule has 1 amide bonds. The molecule has 1 heterocycles. The van der Waals surface area contributed by atoms with Crippen LogP contribution in [0.5, 0.6) is 0 Å². The summed E-state index contributed by atoms with van der Waals surface area (Å²) < 4.78 is 4.53. The number of nitrogens with zero attached hydrogens (tertiary/aromatic N) is 3. The summed E-state index contributed by atoms with van der Waals surface area (Å²) in [5, 5.41) is 3.93. The molecule has 6 heteroatoms. The van der Waals surface area contributed by atoms with Crippen LogP contribution in [0.2, 0.25) is 0 Å². The second-order valence-corrected chi connectivity index (χ2v) is 8.03. The molecule has 0 spiro atoms. The maximum Gasteiger partial charge on any atom is 0.221 e. The van der Waals surface area contributed by atoms with Crippen molar-refractivity contribution in [2.45, 2.75) is 52.9 Å². The van der Waals surface area contributed by atoms with E-state index >= 15 is 0 Å². The zero-order valence-corrected chi connectivity index (χ0v) is 17.6. The largest absolute Gasteiger partial charge is 0.356 e. The van der Waals surface area contributed by atoms with Crippen LogP contribution >= 0.6 is 11.5 Å². The van der Waals surface area contributed by atoms with E-state index in [-0.39, 0.29) is 5.91 Å². The second-order valence-electron chi connectivity index (χ2n) is 7.30. The third kappa shape index (κ3) is 8.08. The molecule has 0 atom stereocenters. The van der Waals surface area contributed by atoms with Crippen molar-refractivity contribution in [3.8, 4) is 0 Å². The monoisotopic (exact) mass is 388 g/mol. The van der Waals surface area contributed by atoms with E-state index in [0.29, 0.717) is 18.9 Å². The molecular formula is C21H32N4OS. The fourth-order valence-electron chi connectivity index (χ4n) is 2.86. The van der Waals surface area contributed by atoms with E-state index in [1.54, 1.807) is 0 Å². The average Bonchev–Trinajstić information content (AvgIpc) is 3.11. The fourth-order valence-corrected chi connectivity index (χ4v) is 3.58. The summed E-state index contributed by atoms with van der Waals surface area (Å²) in [6.07, 6.45) is 4.61. The number of carbonyl (C=O) groups excluding carboxylic acids is 1. The molecule has 2 rings (SSSR count). The molecule has 27 heavy (non-hydrogen) atoms. The van der Waals surface area contributed by atoms with Crippen molar-refractivity contribution in [3.63, 3.8) is 0 Å². The Morgan fingerprint density at radius 2 is 2.00 bits per heavy atom. The minimum absolute atomic E-state index is 0.119. The molecule has 0 saturated carbocycles. The minimum Gasteiger partial charge on any atom is -0.356 e. The number of anilines is 1. The van der Waals surface area contributed by atoms with Crippen molar-refractivity contribution < 1.29 is 4.79 Å². The lowest BCUT2D eigenvalue weighted by Crippen LogP contribution is -2.33. The van der Waals surface area contributed by atoms with Crippen molar-refractivity contribution in [1.82, 2.24) is 14.7 Å². The molecule has 148 valence electrons. The number of aromatic nitrogens is 2. The van der Waals surface area contributed by atoms with Crippen LogP contribution in [0, 0.1) is 5.92 Å². The Hall–Kier alpha value is -1.95. The Labute approximate surface area is 167 Å². The maximum atomic E-state index is 12.1. The quantitative estimate of drug-likeness (QED) is 0.551. The molecule has 0 aliphatic rings. The van der Waals surface area contributed by atoms with E-state index in [0.717, 1.165) is 43.3 Å². The summed E-state index contributed by atoms with van der Waals surface area (Å²) in [6.45, 7) is 8.87. The van der Waals surface area contributed by atoms with E-state index < -0.39 is 0 Å². The Morgan fingerprint density at radius 1 is 1.22 bits per heavy atom. The molecule has 5 nitrogen and oxygen atoms in total. The molecule has 1 aromatic carbocycles. The zero-order valence-electron chi connectivity index (χ0n) is 16.8. The van der Waals surface area contributed by atoms with Crippen LogP contribution < -0.4 is 10.2 Å². The third-order valence-corrected chi connectivity index (χ3v) is 5.04. The van der Waals surface area contributed by atoms with Crippen LogP contribution in [0.15, 0.2) is 30.3 Å². The first-order valence-electron chi connectivity index (χ1n) is 9.96. The number of hydrogen-bond acceptors (Lipinski definition) is 5. The third-order valence-electron chi connectivity index (χ3n) is 4.23. The first kappa shape index (κ1) is 21.4. The van der Waals surface area contributed by atoms with Gasteiger partial charge in [-0.15, -0.1) is 0 Å². The van der Waals surface area contributed by atoms with E-state index in [1.165, 1.54) is 23.5 Å². The first-order chi connectivity index (χ1) is 13.1. The van der Waals surface area contributed by atoms with Crippen molar-refractivity contribution in [1.29, 1.82) is 0 Å². The number of nitrogens with one attached hydrogen (secondary N) is 1. The van der Waals surface area contributed by atoms with Crippen molar-refractivity contribution in [2.75, 3.05) is 24.5 Å². The van der Waals surface area contributed by atoms with Gasteiger partial charge in [0.25, 0.3) is 0 Å². The molecule has 0 saturated heterocycles.